The summed E-state index contributed by atoms with van der Waals surface area (Å²) in [6.07, 6.45) is 0.481. The number of rotatable bonds is 5. The topological polar surface area (TPSA) is 69.9 Å². The van der Waals surface area contributed by atoms with Gasteiger partial charge in [-0.05, 0) is 11.6 Å². The molecule has 1 aromatic heterocycles. The van der Waals surface area contributed by atoms with Gasteiger partial charge in [0.15, 0.2) is 11.6 Å². The fourth-order valence-electron chi connectivity index (χ4n) is 1.19. The average Bonchev–Trinajstić information content (AvgIpc) is 2.53. The van der Waals surface area contributed by atoms with Crippen LogP contribution in [0.4, 0.5) is 0 Å². The normalized spacial score (nSPS) is 12.8. The number of hydrogen-bond acceptors (Lipinski definition) is 5. The summed E-state index contributed by atoms with van der Waals surface area (Å²) < 4.78 is 5.01. The minimum absolute atomic E-state index is 0.0111. The first kappa shape index (κ1) is 10.8. The molecule has 0 aliphatic rings. The molecule has 6 heteroatoms. The van der Waals surface area contributed by atoms with Crippen LogP contribution in [-0.2, 0) is 23.0 Å². The number of carbonyl (C=O) groups is 1. The molecule has 0 aromatic carbocycles. The molecule has 0 bridgehead atoms. The molecule has 0 fully saturated rings. The zero-order chi connectivity index (χ0) is 10.6. The largest absolute Gasteiger partial charge is 0.374 e. The van der Waals surface area contributed by atoms with E-state index in [0.29, 0.717) is 12.2 Å². The van der Waals surface area contributed by atoms with Crippen LogP contribution in [-0.4, -0.2) is 39.2 Å². The maximum Gasteiger partial charge on any atom is 0.182 e. The second-order valence-electron chi connectivity index (χ2n) is 2.97. The Morgan fingerprint density at radius 1 is 1.64 bits per heavy atom. The Kier molecular flexibility index (Phi) is 3.70. The van der Waals surface area contributed by atoms with Gasteiger partial charge >= 0.3 is 0 Å². The molecule has 0 radical (unpaired) electrons. The molecular weight excluding hydrogens is 184 g/mol. The summed E-state index contributed by atoms with van der Waals surface area (Å²) in [5.41, 5.74) is 0. The Labute approximate surface area is 82.2 Å². The number of aryl methyl sites for hydroxylation is 1. The van der Waals surface area contributed by atoms with Crippen LogP contribution in [0.15, 0.2) is 0 Å². The smallest absolute Gasteiger partial charge is 0.182 e. The summed E-state index contributed by atoms with van der Waals surface area (Å²) in [5.74, 6) is 0.427. The molecule has 0 spiro atoms. The number of methoxy groups -OCH3 is 1. The summed E-state index contributed by atoms with van der Waals surface area (Å²) in [5, 5.41) is 11.3. The Morgan fingerprint density at radius 2 is 2.36 bits per heavy atom. The molecule has 0 saturated carbocycles. The molecule has 1 heterocycles. The summed E-state index contributed by atoms with van der Waals surface area (Å²) in [7, 11) is 3.19. The monoisotopic (exact) mass is 198 g/mol. The lowest BCUT2D eigenvalue weighted by molar-refractivity contribution is -0.128. The summed E-state index contributed by atoms with van der Waals surface area (Å²) >= 11 is 0. The van der Waals surface area contributed by atoms with Crippen LogP contribution in [0, 0.1) is 0 Å². The third-order valence-electron chi connectivity index (χ3n) is 1.90. The Hall–Kier alpha value is -1.30. The minimum Gasteiger partial charge on any atom is -0.374 e. The van der Waals surface area contributed by atoms with Crippen LogP contribution in [0.2, 0.25) is 0 Å². The van der Waals surface area contributed by atoms with E-state index >= 15 is 0 Å². The molecule has 0 amide bonds. The maximum atomic E-state index is 11.5. The van der Waals surface area contributed by atoms with E-state index in [2.05, 4.69) is 15.4 Å². The maximum absolute atomic E-state index is 11.5. The van der Waals surface area contributed by atoms with Gasteiger partial charge < -0.3 is 4.74 Å². The standard InChI is InChI=1S/C8H14N4O2/c1-4-7(14-3)6(13)5-8-9-11-12(2)10-8/h7H,4-5H2,1-3H3. The molecule has 6 nitrogen and oxygen atoms in total. The molecule has 1 aromatic rings. The van der Waals surface area contributed by atoms with Gasteiger partial charge in [-0.3, -0.25) is 4.79 Å². The van der Waals surface area contributed by atoms with Crippen LogP contribution in [0.3, 0.4) is 0 Å². The van der Waals surface area contributed by atoms with Gasteiger partial charge in [-0.2, -0.15) is 4.80 Å². The van der Waals surface area contributed by atoms with Gasteiger partial charge in [0.1, 0.15) is 6.10 Å². The first-order valence-corrected chi connectivity index (χ1v) is 4.45. The zero-order valence-corrected chi connectivity index (χ0v) is 8.60. The van der Waals surface area contributed by atoms with E-state index in [0.717, 1.165) is 0 Å². The van der Waals surface area contributed by atoms with Crippen LogP contribution in [0.5, 0.6) is 0 Å². The van der Waals surface area contributed by atoms with Crippen LogP contribution in [0.25, 0.3) is 0 Å². The number of carbonyl (C=O) groups excluding carboxylic acids is 1. The zero-order valence-electron chi connectivity index (χ0n) is 8.60. The molecule has 14 heavy (non-hydrogen) atoms. The van der Waals surface area contributed by atoms with Gasteiger partial charge in [-0.15, -0.1) is 10.2 Å². The van der Waals surface area contributed by atoms with Gasteiger partial charge in [0.2, 0.25) is 0 Å². The number of Topliss-reactive ketones (excluding diaryl/α,β-unsaturated/α-hetero) is 1. The van der Waals surface area contributed by atoms with Gasteiger partial charge in [0.25, 0.3) is 0 Å². The van der Waals surface area contributed by atoms with Crippen molar-refractivity contribution in [3.8, 4) is 0 Å². The second-order valence-corrected chi connectivity index (χ2v) is 2.97. The lowest BCUT2D eigenvalue weighted by Crippen LogP contribution is -2.24. The molecule has 1 atom stereocenters. The van der Waals surface area contributed by atoms with E-state index in [1.54, 1.807) is 7.05 Å². The highest BCUT2D eigenvalue weighted by atomic mass is 16.5. The van der Waals surface area contributed by atoms with E-state index in [1.165, 1.54) is 11.9 Å². The second kappa shape index (κ2) is 4.80. The van der Waals surface area contributed by atoms with Crippen molar-refractivity contribution >= 4 is 5.78 Å². The first-order chi connectivity index (χ1) is 6.67. The quantitative estimate of drug-likeness (QED) is 0.652. The Balaban J connectivity index is 2.56. The molecule has 0 N–H and O–H groups in total. The highest BCUT2D eigenvalue weighted by Gasteiger charge is 2.17. The van der Waals surface area contributed by atoms with Gasteiger partial charge in [-0.1, -0.05) is 6.92 Å². The van der Waals surface area contributed by atoms with Crippen molar-refractivity contribution < 1.29 is 9.53 Å². The Morgan fingerprint density at radius 3 is 2.79 bits per heavy atom. The fourth-order valence-corrected chi connectivity index (χ4v) is 1.19. The van der Waals surface area contributed by atoms with Crippen molar-refractivity contribution in [1.29, 1.82) is 0 Å². The van der Waals surface area contributed by atoms with E-state index in [4.69, 9.17) is 4.74 Å². The fraction of sp³-hybridized carbons (Fsp3) is 0.750. The molecular formula is C8H14N4O2. The summed E-state index contributed by atoms with van der Waals surface area (Å²) in [6, 6.07) is 0. The molecule has 0 saturated heterocycles. The predicted octanol–water partition coefficient (Wildman–Crippen LogP) is -0.253. The number of nitrogens with zero attached hydrogens (tertiary/aromatic N) is 4. The Bertz CT molecular complexity index is 306. The van der Waals surface area contributed by atoms with Crippen molar-refractivity contribution in [3.63, 3.8) is 0 Å². The number of hydrogen-bond donors (Lipinski definition) is 0. The summed E-state index contributed by atoms with van der Waals surface area (Å²) in [4.78, 5) is 12.9. The predicted molar refractivity (Wildman–Crippen MR) is 48.6 cm³/mol. The van der Waals surface area contributed by atoms with Crippen molar-refractivity contribution in [2.75, 3.05) is 7.11 Å². The highest BCUT2D eigenvalue weighted by Crippen LogP contribution is 2.01. The number of ether oxygens (including phenoxy) is 1. The van der Waals surface area contributed by atoms with E-state index in [-0.39, 0.29) is 18.3 Å². The van der Waals surface area contributed by atoms with E-state index in [9.17, 15) is 4.79 Å². The highest BCUT2D eigenvalue weighted by molar-refractivity contribution is 5.84. The third-order valence-corrected chi connectivity index (χ3v) is 1.90. The van der Waals surface area contributed by atoms with Crippen LogP contribution < -0.4 is 0 Å². The van der Waals surface area contributed by atoms with Crippen molar-refractivity contribution in [2.45, 2.75) is 25.9 Å². The minimum atomic E-state index is -0.362. The first-order valence-electron chi connectivity index (χ1n) is 4.45. The number of aromatic nitrogens is 4. The number of tetrazole rings is 1. The molecule has 1 rings (SSSR count). The average molecular weight is 198 g/mol. The lowest BCUT2D eigenvalue weighted by atomic mass is 10.1. The third kappa shape index (κ3) is 2.59. The molecule has 78 valence electrons. The van der Waals surface area contributed by atoms with Crippen molar-refractivity contribution in [1.82, 2.24) is 20.2 Å². The molecule has 1 unspecified atom stereocenters. The molecule has 0 aliphatic heterocycles. The summed E-state index contributed by atoms with van der Waals surface area (Å²) in [6.45, 7) is 1.90. The van der Waals surface area contributed by atoms with Crippen molar-refractivity contribution in [2.24, 2.45) is 7.05 Å². The lowest BCUT2D eigenvalue weighted by Gasteiger charge is -2.09. The SMILES string of the molecule is CCC(OC)C(=O)Cc1nnn(C)n1. The number of ketones is 1. The van der Waals surface area contributed by atoms with Gasteiger partial charge in [0.05, 0.1) is 13.5 Å². The molecule has 0 aliphatic carbocycles. The van der Waals surface area contributed by atoms with Crippen molar-refractivity contribution in [3.05, 3.63) is 5.82 Å². The van der Waals surface area contributed by atoms with Gasteiger partial charge in [-0.25, -0.2) is 0 Å². The van der Waals surface area contributed by atoms with Crippen LogP contribution in [0.1, 0.15) is 19.2 Å². The van der Waals surface area contributed by atoms with Crippen LogP contribution >= 0.6 is 0 Å². The van der Waals surface area contributed by atoms with Gasteiger partial charge in [0, 0.05) is 7.11 Å². The van der Waals surface area contributed by atoms with E-state index < -0.39 is 0 Å². The van der Waals surface area contributed by atoms with E-state index in [1.807, 2.05) is 6.92 Å².